The van der Waals surface area contributed by atoms with E-state index in [1.54, 1.807) is 0 Å². The summed E-state index contributed by atoms with van der Waals surface area (Å²) in [6, 6.07) is 6.25. The van der Waals surface area contributed by atoms with Crippen molar-refractivity contribution in [3.05, 3.63) is 30.6 Å². The molecule has 3 unspecified atom stereocenters. The fourth-order valence-corrected chi connectivity index (χ4v) is 4.67. The first-order valence-electron chi connectivity index (χ1n) is 9.41. The van der Waals surface area contributed by atoms with Gasteiger partial charge in [-0.25, -0.2) is 10.0 Å². The van der Waals surface area contributed by atoms with E-state index in [4.69, 9.17) is 4.84 Å². The molecule has 1 N–H and O–H groups in total. The zero-order chi connectivity index (χ0) is 16.3. The van der Waals surface area contributed by atoms with Gasteiger partial charge in [-0.2, -0.15) is 0 Å². The molecule has 1 heterocycles. The second-order valence-electron chi connectivity index (χ2n) is 8.22. The Morgan fingerprint density at radius 2 is 1.87 bits per heavy atom. The summed E-state index contributed by atoms with van der Waals surface area (Å²) in [5.41, 5.74) is 3.78. The molecule has 0 bridgehead atoms. The summed E-state index contributed by atoms with van der Waals surface area (Å²) in [5.74, 6) is 1.56. The molecule has 0 radical (unpaired) electrons. The number of hydrogen-bond donors (Lipinski definition) is 1. The predicted molar refractivity (Wildman–Crippen MR) is 92.6 cm³/mol. The van der Waals surface area contributed by atoms with Crippen LogP contribution in [0.5, 0.6) is 0 Å². The first-order chi connectivity index (χ1) is 11.1. The van der Waals surface area contributed by atoms with Gasteiger partial charge >= 0.3 is 0 Å². The van der Waals surface area contributed by atoms with Gasteiger partial charge in [-0.05, 0) is 37.5 Å². The zero-order valence-electron chi connectivity index (χ0n) is 15.1. The van der Waals surface area contributed by atoms with E-state index in [0.717, 1.165) is 24.9 Å². The van der Waals surface area contributed by atoms with Crippen molar-refractivity contribution in [2.45, 2.75) is 71.4 Å². The average Bonchev–Trinajstić information content (AvgIpc) is 3.02. The molecular weight excluding hydrogens is 284 g/mol. The van der Waals surface area contributed by atoms with Crippen LogP contribution >= 0.6 is 0 Å². The van der Waals surface area contributed by atoms with Crippen molar-refractivity contribution in [1.82, 2.24) is 5.48 Å². The van der Waals surface area contributed by atoms with Crippen LogP contribution in [0.15, 0.2) is 30.6 Å². The third kappa shape index (κ3) is 3.46. The number of rotatable bonds is 8. The Labute approximate surface area is 141 Å². The number of aromatic nitrogens is 1. The Bertz CT molecular complexity index is 502. The third-order valence-electron chi connectivity index (χ3n) is 6.27. The molecule has 23 heavy (non-hydrogen) atoms. The highest BCUT2D eigenvalue weighted by Gasteiger charge is 2.73. The lowest BCUT2D eigenvalue weighted by atomic mass is 9.88. The molecular formula is C20H33N2O+. The molecule has 3 rings (SSSR count). The molecule has 0 spiro atoms. The predicted octanol–water partition coefficient (Wildman–Crippen LogP) is 3.88. The van der Waals surface area contributed by atoms with Gasteiger partial charge < -0.3 is 0 Å². The lowest BCUT2D eigenvalue weighted by Crippen LogP contribution is -2.34. The molecule has 3 heteroatoms. The Balaban J connectivity index is 1.31. The fourth-order valence-electron chi connectivity index (χ4n) is 4.67. The van der Waals surface area contributed by atoms with Gasteiger partial charge in [0.25, 0.3) is 0 Å². The number of nitrogens with one attached hydrogen (secondary N) is 1. The summed E-state index contributed by atoms with van der Waals surface area (Å²) in [4.78, 5) is 6.24. The fraction of sp³-hybridized carbons (Fsp3) is 0.750. The number of nitrogens with zero attached hydrogens (tertiary/aromatic N) is 1. The molecule has 2 aliphatic carbocycles. The molecule has 2 saturated carbocycles. The first-order valence-corrected chi connectivity index (χ1v) is 9.41. The molecule has 0 aromatic carbocycles. The van der Waals surface area contributed by atoms with Crippen LogP contribution in [0.2, 0.25) is 0 Å². The van der Waals surface area contributed by atoms with Crippen molar-refractivity contribution < 1.29 is 9.40 Å². The van der Waals surface area contributed by atoms with Gasteiger partial charge in [0, 0.05) is 30.5 Å². The topological polar surface area (TPSA) is 25.1 Å². The molecule has 0 amide bonds. The largest absolute Gasteiger partial charge is 0.294 e. The van der Waals surface area contributed by atoms with Crippen molar-refractivity contribution in [2.75, 3.05) is 6.54 Å². The highest BCUT2D eigenvalue weighted by molar-refractivity contribution is 5.21. The van der Waals surface area contributed by atoms with Crippen molar-refractivity contribution in [1.29, 1.82) is 0 Å². The second kappa shape index (κ2) is 6.90. The van der Waals surface area contributed by atoms with E-state index < -0.39 is 0 Å². The summed E-state index contributed by atoms with van der Waals surface area (Å²) in [7, 11) is 0. The molecule has 1 aromatic heterocycles. The van der Waals surface area contributed by atoms with Gasteiger partial charge in [0.2, 0.25) is 0 Å². The number of aryl methyl sites for hydroxylation is 1. The van der Waals surface area contributed by atoms with Crippen LogP contribution in [0, 0.1) is 17.3 Å². The van der Waals surface area contributed by atoms with E-state index >= 15 is 0 Å². The maximum Gasteiger partial charge on any atom is 0.168 e. The lowest BCUT2D eigenvalue weighted by molar-refractivity contribution is -0.697. The van der Waals surface area contributed by atoms with Crippen LogP contribution in [-0.2, 0) is 11.4 Å². The number of unbranched alkanes of at least 4 members (excludes halogenated alkanes) is 2. The summed E-state index contributed by atoms with van der Waals surface area (Å²) in [6.45, 7) is 9.22. The summed E-state index contributed by atoms with van der Waals surface area (Å²) >= 11 is 0. The van der Waals surface area contributed by atoms with Crippen molar-refractivity contribution in [3.63, 3.8) is 0 Å². The number of hydrogen-bond acceptors (Lipinski definition) is 2. The lowest BCUT2D eigenvalue weighted by Gasteiger charge is -2.28. The van der Waals surface area contributed by atoms with E-state index in [-0.39, 0.29) is 5.60 Å². The van der Waals surface area contributed by atoms with Gasteiger partial charge in [-0.1, -0.05) is 33.3 Å². The van der Waals surface area contributed by atoms with E-state index in [1.807, 2.05) is 0 Å². The average molecular weight is 317 g/mol. The monoisotopic (exact) mass is 317 g/mol. The molecule has 1 aromatic rings. The SMILES string of the molecule is CC1CCC2C(C)(C)C2(ONCCCCC[n+]2ccccc2)C1. The molecule has 128 valence electrons. The Morgan fingerprint density at radius 1 is 1.09 bits per heavy atom. The zero-order valence-corrected chi connectivity index (χ0v) is 15.1. The van der Waals surface area contributed by atoms with Crippen LogP contribution in [0.25, 0.3) is 0 Å². The van der Waals surface area contributed by atoms with Crippen molar-refractivity contribution >= 4 is 0 Å². The minimum Gasteiger partial charge on any atom is -0.294 e. The molecule has 2 fully saturated rings. The second-order valence-corrected chi connectivity index (χ2v) is 8.22. The molecule has 3 atom stereocenters. The minimum atomic E-state index is 0.116. The summed E-state index contributed by atoms with van der Waals surface area (Å²) < 4.78 is 2.25. The van der Waals surface area contributed by atoms with Crippen LogP contribution in [0.4, 0.5) is 0 Å². The summed E-state index contributed by atoms with van der Waals surface area (Å²) in [6.07, 6.45) is 11.9. The highest BCUT2D eigenvalue weighted by Crippen LogP contribution is 2.70. The highest BCUT2D eigenvalue weighted by atomic mass is 16.7. The maximum atomic E-state index is 6.24. The molecule has 3 nitrogen and oxygen atoms in total. The summed E-state index contributed by atoms with van der Waals surface area (Å²) in [5, 5.41) is 0. The van der Waals surface area contributed by atoms with Gasteiger partial charge in [0.05, 0.1) is 5.60 Å². The van der Waals surface area contributed by atoms with Crippen molar-refractivity contribution in [3.8, 4) is 0 Å². The standard InChI is InChI=1S/C20H33N2O/c1-17-10-11-18-19(2,3)20(18,16-17)23-21-12-6-4-7-13-22-14-8-5-9-15-22/h5,8-9,14-15,17-18,21H,4,6-7,10-13,16H2,1-3H3/q+1. The first kappa shape index (κ1) is 16.9. The quantitative estimate of drug-likeness (QED) is 0.447. The van der Waals surface area contributed by atoms with Gasteiger partial charge in [-0.3, -0.25) is 4.84 Å². The Morgan fingerprint density at radius 3 is 2.65 bits per heavy atom. The number of pyridine rings is 1. The van der Waals surface area contributed by atoms with Gasteiger partial charge in [-0.15, -0.1) is 0 Å². The van der Waals surface area contributed by atoms with Crippen LogP contribution < -0.4 is 10.0 Å². The van der Waals surface area contributed by atoms with Gasteiger partial charge in [0.1, 0.15) is 6.54 Å². The Kier molecular flexibility index (Phi) is 5.07. The smallest absolute Gasteiger partial charge is 0.168 e. The van der Waals surface area contributed by atoms with Crippen LogP contribution in [-0.4, -0.2) is 12.1 Å². The third-order valence-corrected chi connectivity index (χ3v) is 6.27. The van der Waals surface area contributed by atoms with E-state index in [9.17, 15) is 0 Å². The van der Waals surface area contributed by atoms with Crippen molar-refractivity contribution in [2.24, 2.45) is 17.3 Å². The van der Waals surface area contributed by atoms with Crippen LogP contribution in [0.1, 0.15) is 59.3 Å². The normalized spacial score (nSPS) is 31.6. The number of fused-ring (bicyclic) bond motifs is 1. The Hall–Kier alpha value is -0.930. The minimum absolute atomic E-state index is 0.116. The van der Waals surface area contributed by atoms with E-state index in [0.29, 0.717) is 5.41 Å². The van der Waals surface area contributed by atoms with E-state index in [2.05, 4.69) is 61.4 Å². The molecule has 0 aliphatic heterocycles. The van der Waals surface area contributed by atoms with Crippen LogP contribution in [0.3, 0.4) is 0 Å². The molecule has 0 saturated heterocycles. The van der Waals surface area contributed by atoms with Gasteiger partial charge in [0.15, 0.2) is 12.4 Å². The van der Waals surface area contributed by atoms with E-state index in [1.165, 1.54) is 38.5 Å². The molecule has 2 aliphatic rings. The maximum absolute atomic E-state index is 6.24. The number of hydroxylamine groups is 1.